The Hall–Kier alpha value is -0.360. The second kappa shape index (κ2) is 10.4. The smallest absolute Gasteiger partial charge is 0.250 e. The van der Waals surface area contributed by atoms with Gasteiger partial charge in [-0.15, -0.1) is 0 Å². The predicted molar refractivity (Wildman–Crippen MR) is 76.7 cm³/mol. The zero-order valence-corrected chi connectivity index (χ0v) is 13.8. The highest BCUT2D eigenvalue weighted by Crippen LogP contribution is 2.19. The van der Waals surface area contributed by atoms with E-state index in [9.17, 15) is 18.3 Å². The van der Waals surface area contributed by atoms with Crippen LogP contribution in [0.25, 0.3) is 0 Å². The molecule has 10 nitrogen and oxygen atoms in total. The maximum absolute atomic E-state index is 10.8. The van der Waals surface area contributed by atoms with Crippen LogP contribution in [0, 0.1) is 0 Å². The van der Waals surface area contributed by atoms with Gasteiger partial charge in [-0.25, -0.2) is 18.3 Å². The van der Waals surface area contributed by atoms with Gasteiger partial charge in [-0.1, -0.05) is 0 Å². The minimum atomic E-state index is -2.33. The van der Waals surface area contributed by atoms with E-state index >= 15 is 0 Å². The van der Waals surface area contributed by atoms with Gasteiger partial charge in [0, 0.05) is 0 Å². The van der Waals surface area contributed by atoms with Gasteiger partial charge in [0.25, 0.3) is 30.6 Å². The number of nitrogens with zero attached hydrogens (tertiary/aromatic N) is 2. The maximum atomic E-state index is 10.8. The summed E-state index contributed by atoms with van der Waals surface area (Å²) >= 11 is 0. The largest absolute Gasteiger partial charge is 0.251 e. The molecule has 0 aliphatic rings. The molecule has 0 radical (unpaired) electrons. The Balaban J connectivity index is 4.65. The van der Waals surface area contributed by atoms with Crippen molar-refractivity contribution in [3.05, 3.63) is 0 Å². The number of hydrogen-bond acceptors (Lipinski definition) is 10. The Bertz CT molecular complexity index is 458. The van der Waals surface area contributed by atoms with E-state index in [0.717, 1.165) is 0 Å². The maximum Gasteiger partial charge on any atom is 0.251 e. The van der Waals surface area contributed by atoms with Gasteiger partial charge in [-0.05, 0) is 35.7 Å². The van der Waals surface area contributed by atoms with Crippen molar-refractivity contribution in [3.63, 3.8) is 0 Å². The fourth-order valence-electron chi connectivity index (χ4n) is 0.763. The highest BCUT2D eigenvalue weighted by Gasteiger charge is 2.14. The fourth-order valence-corrected chi connectivity index (χ4v) is 2.14. The Labute approximate surface area is 117 Å². The quantitative estimate of drug-likeness (QED) is 0.399. The molecule has 0 aromatic carbocycles. The van der Waals surface area contributed by atoms with E-state index in [1.165, 1.54) is 0 Å². The molecule has 14 heteroatoms. The monoisotopic (exact) mass is 364 g/mol. The first kappa shape index (κ1) is 19.6. The lowest BCUT2D eigenvalue weighted by molar-refractivity contribution is -0.287. The van der Waals surface area contributed by atoms with Crippen LogP contribution < -0.4 is 0 Å². The molecule has 4 atom stereocenters. The summed E-state index contributed by atoms with van der Waals surface area (Å²) in [7, 11) is -9.32. The van der Waals surface area contributed by atoms with Gasteiger partial charge in [0.1, 0.15) is 0 Å². The standard InChI is InChI=1S/C6H12N2O8P4/c1-17(9)13-7(14-18(2)10)5-6-8(15-19(3)11)16-20(4)12/h1-6H2. The van der Waals surface area contributed by atoms with Crippen molar-refractivity contribution >= 4 is 55.8 Å². The Morgan fingerprint density at radius 3 is 0.950 bits per heavy atom. The molecule has 0 bridgehead atoms. The van der Waals surface area contributed by atoms with Crippen LogP contribution in [0.2, 0.25) is 0 Å². The third kappa shape index (κ3) is 11.5. The van der Waals surface area contributed by atoms with Crippen molar-refractivity contribution < 1.29 is 36.8 Å². The number of hydroxylamine groups is 4. The zero-order valence-electron chi connectivity index (χ0n) is 10.2. The minimum Gasteiger partial charge on any atom is -0.250 e. The second-order valence-electron chi connectivity index (χ2n) is 2.77. The summed E-state index contributed by atoms with van der Waals surface area (Å²) in [6.45, 7) is -0.473. The molecule has 0 rings (SSSR count). The predicted octanol–water partition coefficient (Wildman–Crippen LogP) is 2.01. The highest BCUT2D eigenvalue weighted by atomic mass is 31.1. The van der Waals surface area contributed by atoms with E-state index < -0.39 is 30.6 Å². The lowest BCUT2D eigenvalue weighted by Crippen LogP contribution is -2.30. The molecule has 0 aliphatic carbocycles. The van der Waals surface area contributed by atoms with Crippen molar-refractivity contribution in [1.29, 1.82) is 0 Å². The van der Waals surface area contributed by atoms with Gasteiger partial charge in [-0.3, -0.25) is 0 Å². The van der Waals surface area contributed by atoms with E-state index in [-0.39, 0.29) is 13.1 Å². The molecule has 20 heavy (non-hydrogen) atoms. The third-order valence-corrected chi connectivity index (χ3v) is 2.65. The van der Waals surface area contributed by atoms with Gasteiger partial charge < -0.3 is 0 Å². The summed E-state index contributed by atoms with van der Waals surface area (Å²) in [5, 5.41) is 1.15. The van der Waals surface area contributed by atoms with E-state index in [4.69, 9.17) is 0 Å². The van der Waals surface area contributed by atoms with Crippen molar-refractivity contribution in [1.82, 2.24) is 10.5 Å². The molecule has 0 N–H and O–H groups in total. The molecule has 0 aliphatic heterocycles. The van der Waals surface area contributed by atoms with Crippen LogP contribution in [0.5, 0.6) is 0 Å². The highest BCUT2D eigenvalue weighted by molar-refractivity contribution is 7.38. The van der Waals surface area contributed by atoms with Gasteiger partial charge in [0.15, 0.2) is 0 Å². The number of hydrogen-bond donors (Lipinski definition) is 0. The minimum absolute atomic E-state index is 0.237. The van der Waals surface area contributed by atoms with E-state index in [2.05, 4.69) is 43.7 Å². The first-order chi connectivity index (χ1) is 9.20. The van der Waals surface area contributed by atoms with Gasteiger partial charge in [0.2, 0.25) is 0 Å². The zero-order chi connectivity index (χ0) is 15.7. The van der Waals surface area contributed by atoms with E-state index in [1.54, 1.807) is 0 Å². The summed E-state index contributed by atoms with van der Waals surface area (Å²) < 4.78 is 61.7. The van der Waals surface area contributed by atoms with Crippen LogP contribution in [0.1, 0.15) is 0 Å². The summed E-state index contributed by atoms with van der Waals surface area (Å²) in [4.78, 5) is 0. The van der Waals surface area contributed by atoms with Gasteiger partial charge >= 0.3 is 0 Å². The van der Waals surface area contributed by atoms with Crippen molar-refractivity contribution in [2.24, 2.45) is 0 Å². The molecule has 0 saturated carbocycles. The molecule has 0 amide bonds. The van der Waals surface area contributed by atoms with E-state index in [0.29, 0.717) is 10.5 Å². The summed E-state index contributed by atoms with van der Waals surface area (Å²) in [5.41, 5.74) is 0. The van der Waals surface area contributed by atoms with Crippen LogP contribution in [0.3, 0.4) is 0 Å². The lowest BCUT2D eigenvalue weighted by Gasteiger charge is -2.18. The van der Waals surface area contributed by atoms with Crippen LogP contribution in [0.4, 0.5) is 0 Å². The van der Waals surface area contributed by atoms with E-state index in [1.807, 2.05) is 0 Å². The molecule has 0 spiro atoms. The van der Waals surface area contributed by atoms with Crippen molar-refractivity contribution in [2.45, 2.75) is 0 Å². The molecule has 4 unspecified atom stereocenters. The molecule has 0 aromatic rings. The van der Waals surface area contributed by atoms with Gasteiger partial charge in [0.05, 0.1) is 13.1 Å². The Morgan fingerprint density at radius 1 is 0.600 bits per heavy atom. The average Bonchev–Trinajstić information content (AvgIpc) is 2.22. The van der Waals surface area contributed by atoms with Crippen LogP contribution >= 0.6 is 30.6 Å². The Morgan fingerprint density at radius 2 is 0.800 bits per heavy atom. The summed E-state index contributed by atoms with van der Waals surface area (Å²) in [6.07, 6.45) is 12.3. The fraction of sp³-hybridized carbons (Fsp3) is 0.333. The van der Waals surface area contributed by atoms with Crippen LogP contribution in [0.15, 0.2) is 0 Å². The van der Waals surface area contributed by atoms with Crippen molar-refractivity contribution in [2.75, 3.05) is 13.1 Å². The molecule has 0 fully saturated rings. The molecular weight excluding hydrogens is 352 g/mol. The molecule has 114 valence electrons. The molecule has 0 saturated heterocycles. The normalized spacial score (nSPS) is 14.3. The second-order valence-corrected chi connectivity index (χ2v) is 6.09. The SMILES string of the molecule is C=P(=O)ON(CCN(OP(=C)=O)OP(=C)=O)OP(=C)=O. The van der Waals surface area contributed by atoms with Crippen LogP contribution in [-0.4, -0.2) is 48.7 Å². The average molecular weight is 364 g/mol. The Kier molecular flexibility index (Phi) is 10.2. The topological polar surface area (TPSA) is 112 Å². The van der Waals surface area contributed by atoms with Crippen molar-refractivity contribution in [3.8, 4) is 0 Å². The number of rotatable bonds is 11. The summed E-state index contributed by atoms with van der Waals surface area (Å²) in [5.74, 6) is 0. The van der Waals surface area contributed by atoms with Gasteiger partial charge in [-0.2, -0.15) is 18.5 Å². The summed E-state index contributed by atoms with van der Waals surface area (Å²) in [6, 6.07) is 0. The molecular formula is C6H12N2O8P4. The first-order valence-corrected chi connectivity index (χ1v) is 10.0. The first-order valence-electron chi connectivity index (χ1n) is 4.59. The lowest BCUT2D eigenvalue weighted by atomic mass is 10.7. The molecule has 0 aromatic heterocycles. The molecule has 0 heterocycles. The third-order valence-electron chi connectivity index (χ3n) is 1.19. The van der Waals surface area contributed by atoms with Crippen LogP contribution in [-0.2, 0) is 36.8 Å².